The molecule has 0 unspecified atom stereocenters. The average molecular weight is 456 g/mol. The Hall–Kier alpha value is -3.43. The molecule has 31 heavy (non-hydrogen) atoms. The van der Waals surface area contributed by atoms with E-state index >= 15 is 0 Å². The van der Waals surface area contributed by atoms with Gasteiger partial charge in [-0.2, -0.15) is 0 Å². The minimum absolute atomic E-state index is 0.0112. The van der Waals surface area contributed by atoms with E-state index in [1.807, 2.05) is 19.9 Å². The number of anilines is 2. The van der Waals surface area contributed by atoms with Crippen molar-refractivity contribution in [2.24, 2.45) is 0 Å². The summed E-state index contributed by atoms with van der Waals surface area (Å²) >= 11 is 5.12. The van der Waals surface area contributed by atoms with E-state index in [0.717, 1.165) is 11.1 Å². The minimum Gasteiger partial charge on any atom is -0.507 e. The van der Waals surface area contributed by atoms with Crippen LogP contribution in [0.3, 0.4) is 0 Å². The Morgan fingerprint density at radius 1 is 0.903 bits per heavy atom. The Kier molecular flexibility index (Phi) is 6.57. The van der Waals surface area contributed by atoms with Crippen LogP contribution < -0.4 is 15.4 Å². The topological polar surface area (TPSA) is 108 Å². The number of hydrogen-bond donors (Lipinski definition) is 4. The van der Waals surface area contributed by atoms with Gasteiger partial charge < -0.3 is 10.4 Å². The Balaban J connectivity index is 1.65. The van der Waals surface area contributed by atoms with Gasteiger partial charge in [-0.05, 0) is 85.7 Å². The lowest BCUT2D eigenvalue weighted by atomic mass is 10.1. The lowest BCUT2D eigenvalue weighted by Gasteiger charge is -2.12. The molecule has 7 nitrogen and oxygen atoms in total. The maximum absolute atomic E-state index is 12.6. The van der Waals surface area contributed by atoms with Crippen LogP contribution in [0, 0.1) is 13.8 Å². The number of aryl methyl sites for hydroxylation is 2. The summed E-state index contributed by atoms with van der Waals surface area (Å²) < 4.78 is 27.8. The van der Waals surface area contributed by atoms with Crippen LogP contribution in [0.25, 0.3) is 0 Å². The monoisotopic (exact) mass is 455 g/mol. The molecule has 0 fully saturated rings. The number of aromatic hydroxyl groups is 1. The molecular weight excluding hydrogens is 434 g/mol. The van der Waals surface area contributed by atoms with Gasteiger partial charge in [-0.3, -0.25) is 14.8 Å². The highest BCUT2D eigenvalue weighted by Gasteiger charge is 2.15. The summed E-state index contributed by atoms with van der Waals surface area (Å²) in [4.78, 5) is 12.3. The lowest BCUT2D eigenvalue weighted by Crippen LogP contribution is -2.34. The summed E-state index contributed by atoms with van der Waals surface area (Å²) in [5, 5.41) is 15.0. The smallest absolute Gasteiger partial charge is 0.261 e. The van der Waals surface area contributed by atoms with Gasteiger partial charge in [0.1, 0.15) is 5.75 Å². The number of carbonyl (C=O) groups is 1. The van der Waals surface area contributed by atoms with Crippen LogP contribution in [0.4, 0.5) is 11.4 Å². The van der Waals surface area contributed by atoms with Gasteiger partial charge in [0.2, 0.25) is 0 Å². The van der Waals surface area contributed by atoms with Crippen LogP contribution in [-0.4, -0.2) is 24.5 Å². The lowest BCUT2D eigenvalue weighted by molar-refractivity contribution is 0.0975. The van der Waals surface area contributed by atoms with Gasteiger partial charge >= 0.3 is 0 Å². The molecule has 0 aromatic heterocycles. The van der Waals surface area contributed by atoms with Crippen molar-refractivity contribution in [3.8, 4) is 5.75 Å². The van der Waals surface area contributed by atoms with Crippen molar-refractivity contribution in [3.63, 3.8) is 0 Å². The predicted molar refractivity (Wildman–Crippen MR) is 125 cm³/mol. The summed E-state index contributed by atoms with van der Waals surface area (Å²) in [6.45, 7) is 3.86. The number of rotatable bonds is 5. The van der Waals surface area contributed by atoms with Gasteiger partial charge in [-0.1, -0.05) is 18.2 Å². The van der Waals surface area contributed by atoms with Crippen LogP contribution in [0.15, 0.2) is 71.6 Å². The van der Waals surface area contributed by atoms with Gasteiger partial charge in [-0.25, -0.2) is 8.42 Å². The highest BCUT2D eigenvalue weighted by atomic mass is 32.2. The quantitative estimate of drug-likeness (QED) is 0.434. The first-order chi connectivity index (χ1) is 14.7. The van der Waals surface area contributed by atoms with Crippen molar-refractivity contribution in [1.82, 2.24) is 5.32 Å². The average Bonchev–Trinajstić information content (AvgIpc) is 2.71. The second kappa shape index (κ2) is 9.15. The van der Waals surface area contributed by atoms with E-state index in [-0.39, 0.29) is 21.3 Å². The van der Waals surface area contributed by atoms with E-state index in [1.165, 1.54) is 36.4 Å². The molecule has 1 amide bonds. The highest BCUT2D eigenvalue weighted by Crippen LogP contribution is 2.20. The number of amides is 1. The molecule has 3 aromatic carbocycles. The molecule has 0 bridgehead atoms. The van der Waals surface area contributed by atoms with E-state index in [0.29, 0.717) is 11.4 Å². The molecule has 3 rings (SSSR count). The summed E-state index contributed by atoms with van der Waals surface area (Å²) in [5.41, 5.74) is 3.12. The molecule has 0 aliphatic rings. The maximum atomic E-state index is 12.6. The van der Waals surface area contributed by atoms with Crippen LogP contribution >= 0.6 is 12.2 Å². The maximum Gasteiger partial charge on any atom is 0.261 e. The summed E-state index contributed by atoms with van der Waals surface area (Å²) in [5.74, 6) is -0.721. The van der Waals surface area contributed by atoms with Gasteiger partial charge in [-0.15, -0.1) is 0 Å². The minimum atomic E-state index is -3.76. The fourth-order valence-electron chi connectivity index (χ4n) is 2.73. The van der Waals surface area contributed by atoms with Crippen molar-refractivity contribution in [1.29, 1.82) is 0 Å². The van der Waals surface area contributed by atoms with E-state index in [1.54, 1.807) is 24.3 Å². The van der Waals surface area contributed by atoms with Crippen molar-refractivity contribution in [2.75, 3.05) is 10.0 Å². The number of para-hydroxylation sites is 1. The van der Waals surface area contributed by atoms with Crippen LogP contribution in [-0.2, 0) is 10.0 Å². The number of carbonyl (C=O) groups excluding carboxylic acids is 1. The Morgan fingerprint density at radius 2 is 1.55 bits per heavy atom. The number of thiocarbonyl (C=S) groups is 1. The van der Waals surface area contributed by atoms with E-state index in [9.17, 15) is 18.3 Å². The molecule has 0 atom stereocenters. The molecule has 0 aliphatic carbocycles. The Labute approximate surface area is 186 Å². The third kappa shape index (κ3) is 5.59. The molecule has 160 valence electrons. The molecule has 0 aliphatic heterocycles. The van der Waals surface area contributed by atoms with E-state index in [4.69, 9.17) is 12.2 Å². The zero-order valence-electron chi connectivity index (χ0n) is 16.8. The summed E-state index contributed by atoms with van der Waals surface area (Å²) in [7, 11) is -3.76. The molecular formula is C22H21N3O4S2. The fourth-order valence-corrected chi connectivity index (χ4v) is 3.99. The number of phenols is 1. The number of hydrogen-bond acceptors (Lipinski definition) is 5. The zero-order chi connectivity index (χ0) is 22.6. The van der Waals surface area contributed by atoms with E-state index < -0.39 is 15.9 Å². The van der Waals surface area contributed by atoms with Crippen molar-refractivity contribution >= 4 is 44.6 Å². The molecule has 0 saturated heterocycles. The second-order valence-electron chi connectivity index (χ2n) is 6.85. The van der Waals surface area contributed by atoms with E-state index in [2.05, 4.69) is 15.4 Å². The van der Waals surface area contributed by atoms with Gasteiger partial charge in [0.15, 0.2) is 5.11 Å². The molecule has 0 spiro atoms. The first-order valence-electron chi connectivity index (χ1n) is 9.26. The summed E-state index contributed by atoms with van der Waals surface area (Å²) in [6, 6.07) is 17.4. The predicted octanol–water partition coefficient (Wildman–Crippen LogP) is 3.94. The number of benzene rings is 3. The second-order valence-corrected chi connectivity index (χ2v) is 8.94. The largest absolute Gasteiger partial charge is 0.507 e. The number of phenolic OH excluding ortho intramolecular Hbond substituents is 1. The van der Waals surface area contributed by atoms with Gasteiger partial charge in [0.05, 0.1) is 10.5 Å². The number of nitrogens with one attached hydrogen (secondary N) is 3. The fraction of sp³-hybridized carbons (Fsp3) is 0.0909. The molecule has 9 heteroatoms. The molecule has 0 heterocycles. The summed E-state index contributed by atoms with van der Waals surface area (Å²) in [6.07, 6.45) is 0. The third-order valence-electron chi connectivity index (χ3n) is 4.56. The molecule has 0 radical (unpaired) electrons. The van der Waals surface area contributed by atoms with Crippen LogP contribution in [0.2, 0.25) is 0 Å². The van der Waals surface area contributed by atoms with Gasteiger partial charge in [0.25, 0.3) is 15.9 Å². The molecule has 0 saturated carbocycles. The first-order valence-corrected chi connectivity index (χ1v) is 11.2. The Bertz CT molecular complexity index is 1240. The normalized spacial score (nSPS) is 10.9. The van der Waals surface area contributed by atoms with Crippen molar-refractivity contribution < 1.29 is 18.3 Å². The van der Waals surface area contributed by atoms with Crippen LogP contribution in [0.1, 0.15) is 21.5 Å². The first kappa shape index (κ1) is 22.3. The zero-order valence-corrected chi connectivity index (χ0v) is 18.5. The Morgan fingerprint density at radius 3 is 2.19 bits per heavy atom. The standard InChI is InChI=1S/C22H21N3O4S2/c1-14-7-8-17(13-15(14)2)25-31(28,29)18-11-9-16(10-12-18)23-22(30)24-21(27)19-5-3-4-6-20(19)26/h3-13,25-26H,1-2H3,(H2,23,24,27,30). The van der Waals surface area contributed by atoms with Crippen molar-refractivity contribution in [2.45, 2.75) is 18.7 Å². The van der Waals surface area contributed by atoms with Crippen LogP contribution in [0.5, 0.6) is 5.75 Å². The third-order valence-corrected chi connectivity index (χ3v) is 6.16. The molecule has 4 N–H and O–H groups in total. The van der Waals surface area contributed by atoms with Gasteiger partial charge in [0, 0.05) is 11.4 Å². The number of sulfonamides is 1. The van der Waals surface area contributed by atoms with Crippen molar-refractivity contribution in [3.05, 3.63) is 83.4 Å². The SMILES string of the molecule is Cc1ccc(NS(=O)(=O)c2ccc(NC(=S)NC(=O)c3ccccc3O)cc2)cc1C. The highest BCUT2D eigenvalue weighted by molar-refractivity contribution is 7.92. The molecule has 3 aromatic rings.